The molecule has 28 heavy (non-hydrogen) atoms. The molecule has 6 rings (SSSR count). The van der Waals surface area contributed by atoms with E-state index in [9.17, 15) is 9.90 Å². The third-order valence-corrected chi connectivity index (χ3v) is 7.51. The zero-order valence-corrected chi connectivity index (χ0v) is 15.6. The number of anilines is 1. The normalized spacial score (nSPS) is 29.9. The number of benzene rings is 3. The summed E-state index contributed by atoms with van der Waals surface area (Å²) in [6, 6.07) is 21.1. The van der Waals surface area contributed by atoms with Crippen LogP contribution in [-0.4, -0.2) is 11.1 Å². The van der Waals surface area contributed by atoms with Gasteiger partial charge in [0.2, 0.25) is 0 Å². The molecule has 0 spiro atoms. The van der Waals surface area contributed by atoms with Crippen LogP contribution in [0.4, 0.5) is 5.69 Å². The van der Waals surface area contributed by atoms with Crippen molar-refractivity contribution < 1.29 is 9.90 Å². The lowest BCUT2D eigenvalue weighted by atomic mass is 9.67. The quantitative estimate of drug-likeness (QED) is 0.597. The van der Waals surface area contributed by atoms with E-state index in [1.807, 2.05) is 6.07 Å². The van der Waals surface area contributed by atoms with Crippen molar-refractivity contribution in [1.82, 2.24) is 0 Å². The van der Waals surface area contributed by atoms with Crippen LogP contribution in [0.15, 0.2) is 60.7 Å². The number of nitrogens with one attached hydrogen (secondary N) is 1. The molecular weight excluding hydrogens is 346 g/mol. The van der Waals surface area contributed by atoms with Crippen LogP contribution in [0.3, 0.4) is 0 Å². The van der Waals surface area contributed by atoms with Gasteiger partial charge in [-0.05, 0) is 70.9 Å². The Labute approximate surface area is 164 Å². The molecule has 2 bridgehead atoms. The maximum absolute atomic E-state index is 11.9. The lowest BCUT2D eigenvalue weighted by Crippen LogP contribution is -2.36. The summed E-state index contributed by atoms with van der Waals surface area (Å²) in [5.74, 6) is 1.59. The van der Waals surface area contributed by atoms with Crippen molar-refractivity contribution in [2.45, 2.75) is 31.2 Å². The first-order valence-electron chi connectivity index (χ1n) is 10.3. The molecule has 0 amide bonds. The van der Waals surface area contributed by atoms with Gasteiger partial charge in [0.25, 0.3) is 0 Å². The maximum Gasteiger partial charge on any atom is 0.337 e. The molecule has 2 saturated carbocycles. The highest BCUT2D eigenvalue weighted by molar-refractivity contribution is 5.96. The van der Waals surface area contributed by atoms with E-state index in [2.05, 4.69) is 53.8 Å². The van der Waals surface area contributed by atoms with Crippen LogP contribution >= 0.6 is 0 Å². The Hall–Kier alpha value is -2.81. The molecule has 3 heteroatoms. The molecule has 3 aliphatic rings. The molecule has 2 fully saturated rings. The van der Waals surface area contributed by atoms with Crippen molar-refractivity contribution in [2.24, 2.45) is 17.8 Å². The van der Waals surface area contributed by atoms with Gasteiger partial charge in [0.15, 0.2) is 0 Å². The van der Waals surface area contributed by atoms with Gasteiger partial charge in [-0.2, -0.15) is 0 Å². The highest BCUT2D eigenvalue weighted by Gasteiger charge is 2.54. The largest absolute Gasteiger partial charge is 0.478 e. The van der Waals surface area contributed by atoms with Gasteiger partial charge in [-0.3, -0.25) is 0 Å². The molecule has 3 aromatic carbocycles. The third kappa shape index (κ3) is 2.13. The third-order valence-electron chi connectivity index (χ3n) is 7.51. The number of para-hydroxylation sites is 1. The summed E-state index contributed by atoms with van der Waals surface area (Å²) >= 11 is 0. The van der Waals surface area contributed by atoms with Gasteiger partial charge in [-0.1, -0.05) is 54.6 Å². The maximum atomic E-state index is 11.9. The summed E-state index contributed by atoms with van der Waals surface area (Å²) in [4.78, 5) is 11.9. The standard InChI is InChI=1S/C25H23NO2/c27-25(28)20-10-4-9-19-21-15-11-12-16(13-15)22(21)24(26-23(19)20)18-8-3-6-14-5-1-2-7-17(14)18/h1-10,15-16,21-22,24,26H,11-13H2,(H,27,28)/t15-,16-,21+,22-,24+/m0/s1. The molecule has 0 saturated heterocycles. The Bertz CT molecular complexity index is 1100. The summed E-state index contributed by atoms with van der Waals surface area (Å²) in [6.45, 7) is 0. The number of hydrogen-bond acceptors (Lipinski definition) is 2. The number of hydrogen-bond donors (Lipinski definition) is 2. The van der Waals surface area contributed by atoms with E-state index >= 15 is 0 Å². The number of rotatable bonds is 2. The first kappa shape index (κ1) is 16.2. The second-order valence-corrected chi connectivity index (χ2v) is 8.70. The molecule has 2 N–H and O–H groups in total. The van der Waals surface area contributed by atoms with E-state index in [-0.39, 0.29) is 6.04 Å². The zero-order chi connectivity index (χ0) is 18.8. The molecule has 0 radical (unpaired) electrons. The van der Waals surface area contributed by atoms with Crippen molar-refractivity contribution >= 4 is 22.4 Å². The van der Waals surface area contributed by atoms with Crippen molar-refractivity contribution in [3.63, 3.8) is 0 Å². The van der Waals surface area contributed by atoms with Crippen molar-refractivity contribution in [3.05, 3.63) is 77.4 Å². The van der Waals surface area contributed by atoms with Gasteiger partial charge in [-0.15, -0.1) is 0 Å². The fourth-order valence-corrected chi connectivity index (χ4v) is 6.52. The number of carbonyl (C=O) groups is 1. The fraction of sp³-hybridized carbons (Fsp3) is 0.320. The van der Waals surface area contributed by atoms with Crippen molar-refractivity contribution in [2.75, 3.05) is 5.32 Å². The van der Waals surface area contributed by atoms with Gasteiger partial charge < -0.3 is 10.4 Å². The highest BCUT2D eigenvalue weighted by Crippen LogP contribution is 2.64. The van der Waals surface area contributed by atoms with Crippen LogP contribution in [0, 0.1) is 17.8 Å². The Morgan fingerprint density at radius 2 is 1.64 bits per heavy atom. The van der Waals surface area contributed by atoms with Crippen LogP contribution in [0.1, 0.15) is 52.7 Å². The zero-order valence-electron chi connectivity index (χ0n) is 15.6. The van der Waals surface area contributed by atoms with Crippen LogP contribution in [0.25, 0.3) is 10.8 Å². The Morgan fingerprint density at radius 3 is 2.54 bits per heavy atom. The molecule has 0 unspecified atom stereocenters. The fourth-order valence-electron chi connectivity index (χ4n) is 6.52. The van der Waals surface area contributed by atoms with Gasteiger partial charge in [0.1, 0.15) is 0 Å². The molecule has 0 aromatic heterocycles. The lowest BCUT2D eigenvalue weighted by Gasteiger charge is -2.44. The minimum absolute atomic E-state index is 0.166. The summed E-state index contributed by atoms with van der Waals surface area (Å²) in [5.41, 5.74) is 3.80. The van der Waals surface area contributed by atoms with Gasteiger partial charge in [0, 0.05) is 0 Å². The number of carboxylic acids is 1. The first-order chi connectivity index (χ1) is 13.7. The average molecular weight is 369 g/mol. The van der Waals surface area contributed by atoms with Crippen LogP contribution in [0.2, 0.25) is 0 Å². The van der Waals surface area contributed by atoms with E-state index < -0.39 is 5.97 Å². The highest BCUT2D eigenvalue weighted by atomic mass is 16.4. The lowest BCUT2D eigenvalue weighted by molar-refractivity contribution is 0.0697. The molecule has 1 aliphatic heterocycles. The van der Waals surface area contributed by atoms with E-state index in [1.165, 1.54) is 41.2 Å². The second-order valence-electron chi connectivity index (χ2n) is 8.70. The van der Waals surface area contributed by atoms with Crippen molar-refractivity contribution in [1.29, 1.82) is 0 Å². The molecule has 1 heterocycles. The molecule has 3 aromatic rings. The first-order valence-corrected chi connectivity index (χ1v) is 10.3. The van der Waals surface area contributed by atoms with E-state index in [0.717, 1.165) is 11.6 Å². The monoisotopic (exact) mass is 369 g/mol. The summed E-state index contributed by atoms with van der Waals surface area (Å²) < 4.78 is 0. The molecule has 2 aliphatic carbocycles. The van der Waals surface area contributed by atoms with E-state index in [0.29, 0.717) is 23.3 Å². The minimum atomic E-state index is -0.845. The molecule has 140 valence electrons. The van der Waals surface area contributed by atoms with Crippen LogP contribution in [-0.2, 0) is 0 Å². The molecular formula is C25H23NO2. The summed E-state index contributed by atoms with van der Waals surface area (Å²) in [7, 11) is 0. The van der Waals surface area contributed by atoms with Crippen molar-refractivity contribution in [3.8, 4) is 0 Å². The summed E-state index contributed by atoms with van der Waals surface area (Å²) in [5, 5.41) is 16.1. The molecule has 5 atom stereocenters. The van der Waals surface area contributed by atoms with Gasteiger partial charge in [0.05, 0.1) is 17.3 Å². The van der Waals surface area contributed by atoms with Gasteiger partial charge >= 0.3 is 5.97 Å². The average Bonchev–Trinajstić information content (AvgIpc) is 3.35. The number of aromatic carboxylic acids is 1. The topological polar surface area (TPSA) is 49.3 Å². The minimum Gasteiger partial charge on any atom is -0.478 e. The predicted octanol–water partition coefficient (Wildman–Crippen LogP) is 5.83. The Morgan fingerprint density at radius 1 is 0.893 bits per heavy atom. The Balaban J connectivity index is 1.58. The van der Waals surface area contributed by atoms with Crippen LogP contribution in [0.5, 0.6) is 0 Å². The van der Waals surface area contributed by atoms with Crippen LogP contribution < -0.4 is 5.32 Å². The molecule has 3 nitrogen and oxygen atoms in total. The SMILES string of the molecule is O=C(O)c1cccc2c1N[C@H](c1cccc3ccccc13)[C@H]1[C@H]3CC[C@@H](C3)[C@H]21. The Kier molecular flexibility index (Phi) is 3.37. The number of carboxylic acid groups (broad SMARTS) is 1. The van der Waals surface area contributed by atoms with Gasteiger partial charge in [-0.25, -0.2) is 4.79 Å². The number of fused-ring (bicyclic) bond motifs is 8. The smallest absolute Gasteiger partial charge is 0.337 e. The van der Waals surface area contributed by atoms with E-state index in [1.54, 1.807) is 6.07 Å². The summed E-state index contributed by atoms with van der Waals surface area (Å²) in [6.07, 6.45) is 3.88. The second kappa shape index (κ2) is 5.84. The predicted molar refractivity (Wildman–Crippen MR) is 111 cm³/mol. The van der Waals surface area contributed by atoms with E-state index in [4.69, 9.17) is 0 Å².